The summed E-state index contributed by atoms with van der Waals surface area (Å²) < 4.78 is 7.19. The first kappa shape index (κ1) is 12.7. The molecule has 2 nitrogen and oxygen atoms in total. The number of ether oxygens (including phenoxy) is 1. The molecule has 0 bridgehead atoms. The van der Waals surface area contributed by atoms with E-state index < -0.39 is 0 Å². The van der Waals surface area contributed by atoms with E-state index in [-0.39, 0.29) is 12.1 Å². The van der Waals surface area contributed by atoms with Gasteiger partial charge >= 0.3 is 0 Å². The molecule has 3 heteroatoms. The first-order valence-corrected chi connectivity index (χ1v) is 7.21. The summed E-state index contributed by atoms with van der Waals surface area (Å²) in [7, 11) is 0. The van der Waals surface area contributed by atoms with Gasteiger partial charge in [0, 0.05) is 28.1 Å². The van der Waals surface area contributed by atoms with Crippen molar-refractivity contribution in [2.75, 3.05) is 0 Å². The summed E-state index contributed by atoms with van der Waals surface area (Å²) in [6.07, 6.45) is 0.819. The Kier molecular flexibility index (Phi) is 3.33. The van der Waals surface area contributed by atoms with Crippen molar-refractivity contribution < 1.29 is 4.74 Å². The highest BCUT2D eigenvalue weighted by Gasteiger charge is 2.28. The quantitative estimate of drug-likeness (QED) is 0.852. The van der Waals surface area contributed by atoms with Crippen LogP contribution in [-0.4, -0.2) is 0 Å². The molecular weight excluding hydrogens is 302 g/mol. The van der Waals surface area contributed by atoms with E-state index in [2.05, 4.69) is 41.1 Å². The van der Waals surface area contributed by atoms with Gasteiger partial charge in [-0.05, 0) is 19.1 Å². The molecule has 0 radical (unpaired) electrons. The third kappa shape index (κ3) is 2.40. The SMILES string of the molecule is Cc1ccc2c(c1)C(N)CC(c1ccccc1Br)O2. The minimum Gasteiger partial charge on any atom is -0.485 e. The summed E-state index contributed by atoms with van der Waals surface area (Å²) in [6.45, 7) is 2.08. The Morgan fingerprint density at radius 1 is 1.16 bits per heavy atom. The molecule has 2 aromatic rings. The third-order valence-electron chi connectivity index (χ3n) is 3.55. The van der Waals surface area contributed by atoms with Gasteiger partial charge in [-0.2, -0.15) is 0 Å². The van der Waals surface area contributed by atoms with Gasteiger partial charge in [0.25, 0.3) is 0 Å². The molecule has 0 aromatic heterocycles. The number of rotatable bonds is 1. The zero-order valence-corrected chi connectivity index (χ0v) is 12.4. The molecule has 3 rings (SSSR count). The topological polar surface area (TPSA) is 35.2 Å². The molecule has 0 aliphatic carbocycles. The number of benzene rings is 2. The molecule has 2 atom stereocenters. The fourth-order valence-corrected chi connectivity index (χ4v) is 3.09. The Labute approximate surface area is 121 Å². The number of hydrogen-bond acceptors (Lipinski definition) is 2. The molecule has 19 heavy (non-hydrogen) atoms. The summed E-state index contributed by atoms with van der Waals surface area (Å²) in [5.74, 6) is 0.908. The highest BCUT2D eigenvalue weighted by Crippen LogP contribution is 2.41. The second-order valence-corrected chi connectivity index (χ2v) is 5.87. The van der Waals surface area contributed by atoms with E-state index in [0.29, 0.717) is 0 Å². The maximum absolute atomic E-state index is 6.30. The summed E-state index contributed by atoms with van der Waals surface area (Å²) in [5.41, 5.74) is 9.79. The normalized spacial score (nSPS) is 21.6. The third-order valence-corrected chi connectivity index (χ3v) is 4.28. The molecule has 2 unspecified atom stereocenters. The van der Waals surface area contributed by atoms with Gasteiger partial charge in [0.15, 0.2) is 0 Å². The molecule has 0 amide bonds. The van der Waals surface area contributed by atoms with E-state index >= 15 is 0 Å². The van der Waals surface area contributed by atoms with E-state index in [4.69, 9.17) is 10.5 Å². The molecule has 98 valence electrons. The number of halogens is 1. The smallest absolute Gasteiger partial charge is 0.127 e. The van der Waals surface area contributed by atoms with Crippen molar-refractivity contribution in [2.24, 2.45) is 5.73 Å². The van der Waals surface area contributed by atoms with Crippen LogP contribution in [0.4, 0.5) is 0 Å². The van der Waals surface area contributed by atoms with Gasteiger partial charge in [0.05, 0.1) is 0 Å². The number of hydrogen-bond donors (Lipinski definition) is 1. The van der Waals surface area contributed by atoms with Gasteiger partial charge < -0.3 is 10.5 Å². The van der Waals surface area contributed by atoms with E-state index in [1.54, 1.807) is 0 Å². The maximum Gasteiger partial charge on any atom is 0.127 e. The maximum atomic E-state index is 6.30. The predicted molar refractivity (Wildman–Crippen MR) is 80.2 cm³/mol. The molecule has 0 saturated carbocycles. The van der Waals surface area contributed by atoms with Gasteiger partial charge in [-0.15, -0.1) is 0 Å². The molecule has 1 aliphatic rings. The van der Waals surface area contributed by atoms with Crippen molar-refractivity contribution in [3.8, 4) is 5.75 Å². The standard InChI is InChI=1S/C16H16BrNO/c1-10-6-7-15-12(8-10)14(18)9-16(19-15)11-4-2-3-5-13(11)17/h2-8,14,16H,9,18H2,1H3. The molecule has 2 aromatic carbocycles. The highest BCUT2D eigenvalue weighted by molar-refractivity contribution is 9.10. The molecule has 0 fully saturated rings. The van der Waals surface area contributed by atoms with Gasteiger partial charge in [0.1, 0.15) is 11.9 Å². The lowest BCUT2D eigenvalue weighted by molar-refractivity contribution is 0.161. The molecular formula is C16H16BrNO. The number of aryl methyl sites for hydroxylation is 1. The average molecular weight is 318 g/mol. The number of fused-ring (bicyclic) bond motifs is 1. The number of nitrogens with two attached hydrogens (primary N) is 1. The van der Waals surface area contributed by atoms with Crippen molar-refractivity contribution in [1.29, 1.82) is 0 Å². The highest BCUT2D eigenvalue weighted by atomic mass is 79.9. The largest absolute Gasteiger partial charge is 0.485 e. The van der Waals surface area contributed by atoms with Gasteiger partial charge in [-0.1, -0.05) is 51.8 Å². The molecule has 0 spiro atoms. The van der Waals surface area contributed by atoms with Crippen LogP contribution >= 0.6 is 15.9 Å². The molecule has 1 aliphatic heterocycles. The Morgan fingerprint density at radius 2 is 1.95 bits per heavy atom. The average Bonchev–Trinajstić information content (AvgIpc) is 2.40. The lowest BCUT2D eigenvalue weighted by atomic mass is 9.93. The first-order chi connectivity index (χ1) is 9.15. The van der Waals surface area contributed by atoms with Crippen LogP contribution in [0.1, 0.15) is 35.3 Å². The summed E-state index contributed by atoms with van der Waals surface area (Å²) in [4.78, 5) is 0. The molecule has 1 heterocycles. The summed E-state index contributed by atoms with van der Waals surface area (Å²) in [5, 5.41) is 0. The van der Waals surface area contributed by atoms with Crippen molar-refractivity contribution >= 4 is 15.9 Å². The van der Waals surface area contributed by atoms with Crippen LogP contribution in [0, 0.1) is 6.92 Å². The first-order valence-electron chi connectivity index (χ1n) is 6.42. The second-order valence-electron chi connectivity index (χ2n) is 5.01. The van der Waals surface area contributed by atoms with E-state index in [0.717, 1.165) is 27.8 Å². The van der Waals surface area contributed by atoms with Crippen molar-refractivity contribution in [1.82, 2.24) is 0 Å². The van der Waals surface area contributed by atoms with E-state index in [1.165, 1.54) is 5.56 Å². The Balaban J connectivity index is 1.97. The van der Waals surface area contributed by atoms with Gasteiger partial charge in [0.2, 0.25) is 0 Å². The fraction of sp³-hybridized carbons (Fsp3) is 0.250. The Bertz CT molecular complexity index is 611. The van der Waals surface area contributed by atoms with Crippen LogP contribution in [0.2, 0.25) is 0 Å². The van der Waals surface area contributed by atoms with Crippen molar-refractivity contribution in [3.63, 3.8) is 0 Å². The van der Waals surface area contributed by atoms with E-state index in [9.17, 15) is 0 Å². The molecule has 0 saturated heterocycles. The van der Waals surface area contributed by atoms with Crippen LogP contribution < -0.4 is 10.5 Å². The summed E-state index contributed by atoms with van der Waals surface area (Å²) in [6, 6.07) is 14.4. The lowest BCUT2D eigenvalue weighted by Gasteiger charge is -2.31. The van der Waals surface area contributed by atoms with Crippen LogP contribution in [0.3, 0.4) is 0 Å². The zero-order valence-electron chi connectivity index (χ0n) is 10.8. The van der Waals surface area contributed by atoms with Crippen LogP contribution in [0.15, 0.2) is 46.9 Å². The predicted octanol–water partition coefficient (Wildman–Crippen LogP) is 4.28. The molecule has 2 N–H and O–H groups in total. The van der Waals surface area contributed by atoms with Crippen molar-refractivity contribution in [2.45, 2.75) is 25.5 Å². The monoisotopic (exact) mass is 317 g/mol. The Hall–Kier alpha value is -1.32. The lowest BCUT2D eigenvalue weighted by Crippen LogP contribution is -2.24. The Morgan fingerprint density at radius 3 is 2.74 bits per heavy atom. The van der Waals surface area contributed by atoms with Gasteiger partial charge in [-0.3, -0.25) is 0 Å². The zero-order chi connectivity index (χ0) is 13.4. The van der Waals surface area contributed by atoms with Crippen molar-refractivity contribution in [3.05, 3.63) is 63.6 Å². The van der Waals surface area contributed by atoms with Crippen LogP contribution in [-0.2, 0) is 0 Å². The fourth-order valence-electron chi connectivity index (χ4n) is 2.55. The van der Waals surface area contributed by atoms with Gasteiger partial charge in [-0.25, -0.2) is 0 Å². The van der Waals surface area contributed by atoms with E-state index in [1.807, 2.05) is 24.3 Å². The minimum atomic E-state index is 0.0146. The second kappa shape index (κ2) is 4.99. The van der Waals surface area contributed by atoms with Crippen LogP contribution in [0.5, 0.6) is 5.75 Å². The van der Waals surface area contributed by atoms with Crippen LogP contribution in [0.25, 0.3) is 0 Å². The summed E-state index contributed by atoms with van der Waals surface area (Å²) >= 11 is 3.58. The minimum absolute atomic E-state index is 0.0146.